The largest absolute Gasteiger partial charge is 0.378 e. The zero-order valence-electron chi connectivity index (χ0n) is 13.4. The van der Waals surface area contributed by atoms with Gasteiger partial charge in [0, 0.05) is 25.7 Å². The number of benzene rings is 1. The van der Waals surface area contributed by atoms with Crippen LogP contribution in [-0.4, -0.2) is 39.3 Å². The van der Waals surface area contributed by atoms with Gasteiger partial charge in [0.15, 0.2) is 0 Å². The number of hydrogen-bond acceptors (Lipinski definition) is 4. The van der Waals surface area contributed by atoms with Crippen LogP contribution in [0.15, 0.2) is 18.2 Å². The molecular formula is C17H15Cl2N3O2S. The van der Waals surface area contributed by atoms with Crippen LogP contribution in [0.2, 0.25) is 10.0 Å². The Hall–Kier alpha value is -1.78. The molecule has 8 heteroatoms. The molecule has 3 rings (SSSR count). The zero-order valence-corrected chi connectivity index (χ0v) is 15.8. The third kappa shape index (κ3) is 3.33. The molecule has 1 aromatic heterocycles. The fourth-order valence-corrected chi connectivity index (χ4v) is 4.36. The normalized spacial score (nSPS) is 14.2. The summed E-state index contributed by atoms with van der Waals surface area (Å²) in [6.45, 7) is 10.2. The van der Waals surface area contributed by atoms with Crippen LogP contribution in [-0.2, 0) is 4.74 Å². The molecule has 1 N–H and O–H groups in total. The average molecular weight is 396 g/mol. The van der Waals surface area contributed by atoms with Gasteiger partial charge in [0.2, 0.25) is 5.69 Å². The Morgan fingerprint density at radius 1 is 1.36 bits per heavy atom. The van der Waals surface area contributed by atoms with Crippen molar-refractivity contribution in [1.82, 2.24) is 5.32 Å². The number of amides is 1. The maximum absolute atomic E-state index is 12.4. The number of carbonyl (C=O) groups is 1. The summed E-state index contributed by atoms with van der Waals surface area (Å²) in [4.78, 5) is 18.7. The van der Waals surface area contributed by atoms with Crippen molar-refractivity contribution < 1.29 is 9.53 Å². The first-order valence-corrected chi connectivity index (χ1v) is 9.19. The van der Waals surface area contributed by atoms with Crippen LogP contribution < -0.4 is 10.2 Å². The van der Waals surface area contributed by atoms with Crippen molar-refractivity contribution >= 4 is 51.1 Å². The van der Waals surface area contributed by atoms with E-state index in [1.807, 2.05) is 0 Å². The number of hydrogen-bond donors (Lipinski definition) is 1. The van der Waals surface area contributed by atoms with Gasteiger partial charge >= 0.3 is 0 Å². The van der Waals surface area contributed by atoms with Crippen LogP contribution >= 0.6 is 34.5 Å². The van der Waals surface area contributed by atoms with Gasteiger partial charge in [-0.3, -0.25) is 4.79 Å². The molecule has 1 aromatic carbocycles. The summed E-state index contributed by atoms with van der Waals surface area (Å²) < 4.78 is 5.39. The van der Waals surface area contributed by atoms with Crippen LogP contribution in [0.3, 0.4) is 0 Å². The average Bonchev–Trinajstić information content (AvgIpc) is 3.03. The highest BCUT2D eigenvalue weighted by Gasteiger charge is 2.28. The monoisotopic (exact) mass is 395 g/mol. The number of ether oxygens (including phenoxy) is 1. The molecule has 0 bridgehead atoms. The lowest BCUT2D eigenvalue weighted by Gasteiger charge is -2.28. The number of halogens is 2. The Morgan fingerprint density at radius 2 is 2.08 bits per heavy atom. The lowest BCUT2D eigenvalue weighted by atomic mass is 10.0. The third-order valence-electron chi connectivity index (χ3n) is 3.93. The van der Waals surface area contributed by atoms with Gasteiger partial charge in [-0.05, 0) is 11.6 Å². The van der Waals surface area contributed by atoms with E-state index < -0.39 is 0 Å². The number of rotatable bonds is 3. The van der Waals surface area contributed by atoms with E-state index in [2.05, 4.69) is 15.1 Å². The Kier molecular flexibility index (Phi) is 5.50. The first-order valence-electron chi connectivity index (χ1n) is 7.61. The van der Waals surface area contributed by atoms with Crippen molar-refractivity contribution in [3.05, 3.63) is 44.5 Å². The third-order valence-corrected chi connectivity index (χ3v) is 5.99. The summed E-state index contributed by atoms with van der Waals surface area (Å²) in [5.41, 5.74) is 1.55. The Balaban J connectivity index is 2.25. The smallest absolute Gasteiger partial charge is 0.260 e. The molecule has 1 fully saturated rings. The number of carbonyl (C=O) groups excluding carboxylic acids is 1. The number of morpholine rings is 1. The van der Waals surface area contributed by atoms with Crippen molar-refractivity contribution in [2.75, 3.05) is 38.3 Å². The van der Waals surface area contributed by atoms with Gasteiger partial charge in [0.05, 0.1) is 39.7 Å². The van der Waals surface area contributed by atoms with Crippen LogP contribution in [0.1, 0.15) is 9.67 Å². The summed E-state index contributed by atoms with van der Waals surface area (Å²) >= 11 is 13.8. The molecule has 0 atom stereocenters. The standard InChI is InChI=1S/C17H15Cl2N3O2S/c1-20-14-12(10-4-3-5-11(18)13(10)19)15(16(23)21-2)25-17(14)22-6-8-24-9-7-22/h3-5H,6-9H2,2H3,(H,21,23). The quantitative estimate of drug-likeness (QED) is 0.779. The van der Waals surface area contributed by atoms with E-state index >= 15 is 0 Å². The highest BCUT2D eigenvalue weighted by atomic mass is 35.5. The maximum Gasteiger partial charge on any atom is 0.260 e. The van der Waals surface area contributed by atoms with Crippen molar-refractivity contribution in [1.29, 1.82) is 0 Å². The van der Waals surface area contributed by atoms with Crippen molar-refractivity contribution in [3.63, 3.8) is 0 Å². The molecule has 0 unspecified atom stereocenters. The predicted octanol–water partition coefficient (Wildman–Crippen LogP) is 4.47. The van der Waals surface area contributed by atoms with Crippen LogP contribution in [0.5, 0.6) is 0 Å². The molecule has 25 heavy (non-hydrogen) atoms. The molecule has 1 saturated heterocycles. The molecular weight excluding hydrogens is 381 g/mol. The van der Waals surface area contributed by atoms with Crippen LogP contribution in [0, 0.1) is 6.57 Å². The lowest BCUT2D eigenvalue weighted by molar-refractivity contribution is 0.0967. The van der Waals surface area contributed by atoms with Gasteiger partial charge in [-0.25, -0.2) is 4.85 Å². The van der Waals surface area contributed by atoms with E-state index in [1.165, 1.54) is 11.3 Å². The molecule has 2 heterocycles. The molecule has 1 aliphatic heterocycles. The second kappa shape index (κ2) is 7.63. The van der Waals surface area contributed by atoms with Gasteiger partial charge in [-0.2, -0.15) is 0 Å². The number of anilines is 1. The molecule has 1 amide bonds. The summed E-state index contributed by atoms with van der Waals surface area (Å²) in [6.07, 6.45) is 0. The van der Waals surface area contributed by atoms with Gasteiger partial charge in [0.1, 0.15) is 0 Å². The molecule has 1 aliphatic rings. The Morgan fingerprint density at radius 3 is 2.72 bits per heavy atom. The topological polar surface area (TPSA) is 45.9 Å². The minimum atomic E-state index is -0.250. The van der Waals surface area contributed by atoms with E-state index in [4.69, 9.17) is 34.5 Å². The second-order valence-electron chi connectivity index (χ2n) is 5.35. The summed E-state index contributed by atoms with van der Waals surface area (Å²) in [7, 11) is 1.57. The molecule has 0 aliphatic carbocycles. The number of nitrogens with one attached hydrogen (secondary N) is 1. The van der Waals surface area contributed by atoms with Gasteiger partial charge in [-0.15, -0.1) is 11.3 Å². The van der Waals surface area contributed by atoms with Crippen molar-refractivity contribution in [3.8, 4) is 11.1 Å². The highest BCUT2D eigenvalue weighted by Crippen LogP contribution is 2.50. The van der Waals surface area contributed by atoms with Gasteiger partial charge < -0.3 is 15.0 Å². The van der Waals surface area contributed by atoms with E-state index in [-0.39, 0.29) is 5.91 Å². The molecule has 0 saturated carbocycles. The predicted molar refractivity (Wildman–Crippen MR) is 102 cm³/mol. The summed E-state index contributed by atoms with van der Waals surface area (Å²) in [5, 5.41) is 4.13. The maximum atomic E-state index is 12.4. The van der Waals surface area contributed by atoms with Gasteiger partial charge in [-0.1, -0.05) is 35.3 Å². The van der Waals surface area contributed by atoms with E-state index in [0.29, 0.717) is 58.0 Å². The Bertz CT molecular complexity index is 854. The minimum Gasteiger partial charge on any atom is -0.378 e. The number of thiophene rings is 1. The van der Waals surface area contributed by atoms with Crippen LogP contribution in [0.25, 0.3) is 16.0 Å². The SMILES string of the molecule is [C-]#[N+]c1c(N2CCOCC2)sc(C(=O)NC)c1-c1cccc(Cl)c1Cl. The second-order valence-corrected chi connectivity index (χ2v) is 7.14. The summed E-state index contributed by atoms with van der Waals surface area (Å²) in [5.74, 6) is -0.250. The lowest BCUT2D eigenvalue weighted by Crippen LogP contribution is -2.35. The van der Waals surface area contributed by atoms with Gasteiger partial charge in [0.25, 0.3) is 5.91 Å². The first-order chi connectivity index (χ1) is 12.1. The highest BCUT2D eigenvalue weighted by molar-refractivity contribution is 7.19. The fraction of sp³-hybridized carbons (Fsp3) is 0.294. The first kappa shape index (κ1) is 18.0. The molecule has 0 spiro atoms. The van der Waals surface area contributed by atoms with E-state index in [1.54, 1.807) is 25.2 Å². The Labute approximate surface area is 159 Å². The minimum absolute atomic E-state index is 0.250. The van der Waals surface area contributed by atoms with E-state index in [0.717, 1.165) is 5.00 Å². The fourth-order valence-electron chi connectivity index (χ4n) is 2.72. The number of nitrogens with zero attached hydrogens (tertiary/aromatic N) is 2. The molecule has 0 radical (unpaired) electrons. The molecule has 130 valence electrons. The van der Waals surface area contributed by atoms with Crippen LogP contribution in [0.4, 0.5) is 10.7 Å². The molecule has 5 nitrogen and oxygen atoms in total. The summed E-state index contributed by atoms with van der Waals surface area (Å²) in [6, 6.07) is 5.22. The zero-order chi connectivity index (χ0) is 18.0. The van der Waals surface area contributed by atoms with Crippen molar-refractivity contribution in [2.45, 2.75) is 0 Å². The molecule has 2 aromatic rings. The van der Waals surface area contributed by atoms with Crippen molar-refractivity contribution in [2.24, 2.45) is 0 Å². The van der Waals surface area contributed by atoms with E-state index in [9.17, 15) is 4.79 Å².